The molecule has 1 unspecified atom stereocenters. The summed E-state index contributed by atoms with van der Waals surface area (Å²) in [6.45, 7) is 4.83. The van der Waals surface area contributed by atoms with Gasteiger partial charge in [-0.05, 0) is 19.5 Å². The molecule has 1 heterocycles. The van der Waals surface area contributed by atoms with E-state index in [1.165, 1.54) is 9.75 Å². The number of thiophene rings is 1. The minimum Gasteiger partial charge on any atom is -0.330 e. The van der Waals surface area contributed by atoms with E-state index in [9.17, 15) is 0 Å². The van der Waals surface area contributed by atoms with Crippen molar-refractivity contribution >= 4 is 22.9 Å². The van der Waals surface area contributed by atoms with E-state index in [1.807, 2.05) is 13.0 Å². The predicted octanol–water partition coefficient (Wildman–Crippen LogP) is 2.77. The average Bonchev–Trinajstić information content (AvgIpc) is 2.31. The zero-order chi connectivity index (χ0) is 8.43. The van der Waals surface area contributed by atoms with Gasteiger partial charge in [-0.15, -0.1) is 11.3 Å². The zero-order valence-corrected chi connectivity index (χ0v) is 8.30. The van der Waals surface area contributed by atoms with Crippen molar-refractivity contribution in [3.05, 3.63) is 20.8 Å². The van der Waals surface area contributed by atoms with Gasteiger partial charge in [0.25, 0.3) is 0 Å². The summed E-state index contributed by atoms with van der Waals surface area (Å²) in [5, 5.41) is 0.866. The second kappa shape index (κ2) is 3.57. The van der Waals surface area contributed by atoms with Gasteiger partial charge in [0, 0.05) is 15.7 Å². The van der Waals surface area contributed by atoms with Crippen LogP contribution in [0.5, 0.6) is 0 Å². The van der Waals surface area contributed by atoms with Crippen molar-refractivity contribution in [3.63, 3.8) is 0 Å². The molecule has 1 rings (SSSR count). The van der Waals surface area contributed by atoms with Crippen LogP contribution in [0.25, 0.3) is 0 Å². The molecule has 1 aromatic heterocycles. The first kappa shape index (κ1) is 9.04. The second-order valence-corrected chi connectivity index (χ2v) is 4.38. The standard InChI is InChI=1S/C8H12ClNS/c1-5(4-10)8-3-7(9)6(2)11-8/h3,5H,4,10H2,1-2H3. The maximum atomic E-state index is 5.90. The van der Waals surface area contributed by atoms with Crippen LogP contribution in [-0.2, 0) is 0 Å². The Kier molecular flexibility index (Phi) is 2.93. The Morgan fingerprint density at radius 2 is 2.36 bits per heavy atom. The molecule has 0 spiro atoms. The summed E-state index contributed by atoms with van der Waals surface area (Å²) >= 11 is 7.64. The highest BCUT2D eigenvalue weighted by molar-refractivity contribution is 7.12. The lowest BCUT2D eigenvalue weighted by atomic mass is 10.1. The first-order valence-electron chi connectivity index (χ1n) is 3.61. The fourth-order valence-corrected chi connectivity index (χ4v) is 2.12. The highest BCUT2D eigenvalue weighted by Gasteiger charge is 2.08. The van der Waals surface area contributed by atoms with Gasteiger partial charge in [-0.2, -0.15) is 0 Å². The summed E-state index contributed by atoms with van der Waals surface area (Å²) in [5.41, 5.74) is 5.53. The number of aryl methyl sites for hydroxylation is 1. The fraction of sp³-hybridized carbons (Fsp3) is 0.500. The third-order valence-electron chi connectivity index (χ3n) is 1.72. The molecule has 2 N–H and O–H groups in total. The zero-order valence-electron chi connectivity index (χ0n) is 6.73. The van der Waals surface area contributed by atoms with Crippen molar-refractivity contribution in [2.45, 2.75) is 19.8 Å². The van der Waals surface area contributed by atoms with Gasteiger partial charge in [0.1, 0.15) is 0 Å². The number of hydrogen-bond acceptors (Lipinski definition) is 2. The second-order valence-electron chi connectivity index (χ2n) is 2.69. The van der Waals surface area contributed by atoms with E-state index in [0.29, 0.717) is 12.5 Å². The topological polar surface area (TPSA) is 26.0 Å². The molecule has 1 aromatic rings. The minimum absolute atomic E-state index is 0.436. The molecule has 11 heavy (non-hydrogen) atoms. The molecule has 0 amide bonds. The maximum Gasteiger partial charge on any atom is 0.0545 e. The molecule has 0 aliphatic heterocycles. The molecule has 0 saturated carbocycles. The van der Waals surface area contributed by atoms with Gasteiger partial charge >= 0.3 is 0 Å². The third kappa shape index (κ3) is 1.95. The number of halogens is 1. The number of hydrogen-bond donors (Lipinski definition) is 1. The van der Waals surface area contributed by atoms with Gasteiger partial charge in [-0.25, -0.2) is 0 Å². The quantitative estimate of drug-likeness (QED) is 0.761. The molecule has 0 aliphatic carbocycles. The average molecular weight is 190 g/mol. The van der Waals surface area contributed by atoms with E-state index in [-0.39, 0.29) is 0 Å². The Hall–Kier alpha value is -0.0500. The van der Waals surface area contributed by atoms with Gasteiger partial charge in [-0.1, -0.05) is 18.5 Å². The molecule has 1 atom stereocenters. The van der Waals surface area contributed by atoms with Gasteiger partial charge in [0.15, 0.2) is 0 Å². The van der Waals surface area contributed by atoms with Gasteiger partial charge < -0.3 is 5.73 Å². The van der Waals surface area contributed by atoms with Crippen molar-refractivity contribution < 1.29 is 0 Å². The van der Waals surface area contributed by atoms with Crippen LogP contribution in [0.2, 0.25) is 5.02 Å². The normalized spacial score (nSPS) is 13.5. The predicted molar refractivity (Wildman–Crippen MR) is 51.5 cm³/mol. The van der Waals surface area contributed by atoms with E-state index < -0.39 is 0 Å². The van der Waals surface area contributed by atoms with Crippen LogP contribution in [0.1, 0.15) is 22.6 Å². The minimum atomic E-state index is 0.436. The fourth-order valence-electron chi connectivity index (χ4n) is 0.841. The van der Waals surface area contributed by atoms with E-state index in [0.717, 1.165) is 5.02 Å². The molecule has 3 heteroatoms. The van der Waals surface area contributed by atoms with Crippen LogP contribution < -0.4 is 5.73 Å². The van der Waals surface area contributed by atoms with E-state index in [4.69, 9.17) is 17.3 Å². The van der Waals surface area contributed by atoms with Crippen molar-refractivity contribution in [2.75, 3.05) is 6.54 Å². The Balaban J connectivity index is 2.88. The van der Waals surface area contributed by atoms with Crippen molar-refractivity contribution in [1.82, 2.24) is 0 Å². The SMILES string of the molecule is Cc1sc(C(C)CN)cc1Cl. The van der Waals surface area contributed by atoms with Crippen LogP contribution in [0.4, 0.5) is 0 Å². The summed E-state index contributed by atoms with van der Waals surface area (Å²) in [6, 6.07) is 2.01. The first-order valence-corrected chi connectivity index (χ1v) is 4.80. The highest BCUT2D eigenvalue weighted by atomic mass is 35.5. The van der Waals surface area contributed by atoms with Crippen molar-refractivity contribution in [2.24, 2.45) is 5.73 Å². The molecule has 0 radical (unpaired) electrons. The summed E-state index contributed by atoms with van der Waals surface area (Å²) in [6.07, 6.45) is 0. The van der Waals surface area contributed by atoms with Gasteiger partial charge in [0.2, 0.25) is 0 Å². The lowest BCUT2D eigenvalue weighted by Gasteiger charge is -2.02. The Morgan fingerprint density at radius 3 is 2.73 bits per heavy atom. The molecule has 0 bridgehead atoms. The summed E-state index contributed by atoms with van der Waals surface area (Å²) in [7, 11) is 0. The van der Waals surface area contributed by atoms with Crippen molar-refractivity contribution in [3.8, 4) is 0 Å². The lowest BCUT2D eigenvalue weighted by molar-refractivity contribution is 0.790. The lowest BCUT2D eigenvalue weighted by Crippen LogP contribution is -2.06. The highest BCUT2D eigenvalue weighted by Crippen LogP contribution is 2.30. The number of nitrogens with two attached hydrogens (primary N) is 1. The summed E-state index contributed by atoms with van der Waals surface area (Å²) in [5.74, 6) is 0.436. The Morgan fingerprint density at radius 1 is 1.73 bits per heavy atom. The van der Waals surface area contributed by atoms with E-state index in [1.54, 1.807) is 11.3 Å². The maximum absolute atomic E-state index is 5.90. The molecule has 62 valence electrons. The number of rotatable bonds is 2. The third-order valence-corrected chi connectivity index (χ3v) is 3.50. The smallest absolute Gasteiger partial charge is 0.0545 e. The summed E-state index contributed by atoms with van der Waals surface area (Å²) < 4.78 is 0. The molecule has 0 fully saturated rings. The van der Waals surface area contributed by atoms with Crippen LogP contribution in [-0.4, -0.2) is 6.54 Å². The Bertz CT molecular complexity index is 225. The van der Waals surface area contributed by atoms with E-state index in [2.05, 4.69) is 6.92 Å². The molecule has 0 aromatic carbocycles. The Labute approximate surface area is 76.2 Å². The van der Waals surface area contributed by atoms with Crippen molar-refractivity contribution in [1.29, 1.82) is 0 Å². The molecule has 0 saturated heterocycles. The van der Waals surface area contributed by atoms with Crippen LogP contribution in [0.3, 0.4) is 0 Å². The molecule has 0 aliphatic rings. The summed E-state index contributed by atoms with van der Waals surface area (Å²) in [4.78, 5) is 2.47. The monoisotopic (exact) mass is 189 g/mol. The first-order chi connectivity index (χ1) is 5.15. The van der Waals surface area contributed by atoms with Gasteiger partial charge in [-0.3, -0.25) is 0 Å². The molecule has 1 nitrogen and oxygen atoms in total. The molecular weight excluding hydrogens is 178 g/mol. The van der Waals surface area contributed by atoms with Crippen LogP contribution >= 0.6 is 22.9 Å². The van der Waals surface area contributed by atoms with Crippen LogP contribution in [0, 0.1) is 6.92 Å². The largest absolute Gasteiger partial charge is 0.330 e. The molecular formula is C8H12ClNS. The van der Waals surface area contributed by atoms with E-state index >= 15 is 0 Å². The van der Waals surface area contributed by atoms with Crippen LogP contribution in [0.15, 0.2) is 6.07 Å². The van der Waals surface area contributed by atoms with Gasteiger partial charge in [0.05, 0.1) is 5.02 Å².